The quantitative estimate of drug-likeness (QED) is 0.454. The smallest absolute Gasteiger partial charge is 0.430 e. The van der Waals surface area contributed by atoms with Gasteiger partial charge in [-0.1, -0.05) is 0 Å². The van der Waals surface area contributed by atoms with Crippen molar-refractivity contribution in [2.75, 3.05) is 13.2 Å². The van der Waals surface area contributed by atoms with Crippen molar-refractivity contribution in [2.45, 2.75) is 25.4 Å². The summed E-state index contributed by atoms with van der Waals surface area (Å²) in [4.78, 5) is 10.4. The molecule has 2 fully saturated rings. The van der Waals surface area contributed by atoms with Crippen LogP contribution in [0.15, 0.2) is 0 Å². The third kappa shape index (κ3) is 1.67. The van der Waals surface area contributed by atoms with Crippen LogP contribution in [0.3, 0.4) is 0 Å². The predicted octanol–water partition coefficient (Wildman–Crippen LogP) is 0.283. The van der Waals surface area contributed by atoms with Crippen LogP contribution >= 0.6 is 0 Å². The van der Waals surface area contributed by atoms with Crippen LogP contribution in [0.5, 0.6) is 0 Å². The van der Waals surface area contributed by atoms with Gasteiger partial charge in [0.25, 0.3) is 0 Å². The fraction of sp³-hybridized carbons (Fsp3) is 0.857. The molecule has 2 aliphatic rings. The van der Waals surface area contributed by atoms with E-state index in [1.807, 2.05) is 6.92 Å². The maximum atomic E-state index is 10.4. The average molecular weight is 174 g/mol. The first-order valence-corrected chi connectivity index (χ1v) is 3.86. The van der Waals surface area contributed by atoms with E-state index in [-0.39, 0.29) is 25.1 Å². The Labute approximate surface area is 69.5 Å². The summed E-state index contributed by atoms with van der Waals surface area (Å²) < 4.78 is 19.5. The lowest BCUT2D eigenvalue weighted by Crippen LogP contribution is -2.19. The van der Waals surface area contributed by atoms with E-state index in [1.165, 1.54) is 0 Å². The van der Waals surface area contributed by atoms with Crippen molar-refractivity contribution in [3.63, 3.8) is 0 Å². The van der Waals surface area contributed by atoms with E-state index in [0.29, 0.717) is 6.61 Å². The minimum atomic E-state index is -0.617. The van der Waals surface area contributed by atoms with Crippen LogP contribution in [0.25, 0.3) is 0 Å². The molecule has 0 spiro atoms. The first-order valence-electron chi connectivity index (χ1n) is 3.86. The van der Waals surface area contributed by atoms with Crippen LogP contribution in [0.4, 0.5) is 4.79 Å². The summed E-state index contributed by atoms with van der Waals surface area (Å²) in [5, 5.41) is 0. The normalized spacial score (nSPS) is 39.1. The van der Waals surface area contributed by atoms with Crippen LogP contribution in [0.2, 0.25) is 0 Å². The SMILES string of the molecule is CC1OC1OCC1COC(=O)O1. The van der Waals surface area contributed by atoms with Gasteiger partial charge in [0.2, 0.25) is 0 Å². The molecule has 0 aromatic carbocycles. The molecule has 12 heavy (non-hydrogen) atoms. The predicted molar refractivity (Wildman–Crippen MR) is 36.5 cm³/mol. The van der Waals surface area contributed by atoms with E-state index in [0.717, 1.165) is 0 Å². The number of hydrogen-bond acceptors (Lipinski definition) is 5. The highest BCUT2D eigenvalue weighted by atomic mass is 16.8. The Morgan fingerprint density at radius 3 is 2.92 bits per heavy atom. The molecule has 68 valence electrons. The lowest BCUT2D eigenvalue weighted by Gasteiger charge is -2.04. The summed E-state index contributed by atoms with van der Waals surface area (Å²) in [7, 11) is 0. The van der Waals surface area contributed by atoms with Gasteiger partial charge in [-0.3, -0.25) is 0 Å². The van der Waals surface area contributed by atoms with Gasteiger partial charge in [-0.2, -0.15) is 0 Å². The second-order valence-electron chi connectivity index (χ2n) is 2.84. The molecule has 5 nitrogen and oxygen atoms in total. The minimum absolute atomic E-state index is 0.121. The van der Waals surface area contributed by atoms with Crippen molar-refractivity contribution < 1.29 is 23.7 Å². The number of hydrogen-bond donors (Lipinski definition) is 0. The Morgan fingerprint density at radius 1 is 1.67 bits per heavy atom. The van der Waals surface area contributed by atoms with Gasteiger partial charge in [-0.15, -0.1) is 0 Å². The number of ether oxygens (including phenoxy) is 4. The lowest BCUT2D eigenvalue weighted by atomic mass is 10.4. The highest BCUT2D eigenvalue weighted by molar-refractivity contribution is 5.61. The third-order valence-corrected chi connectivity index (χ3v) is 1.75. The van der Waals surface area contributed by atoms with E-state index >= 15 is 0 Å². The number of carbonyl (C=O) groups is 1. The van der Waals surface area contributed by atoms with Gasteiger partial charge in [0.1, 0.15) is 12.7 Å². The van der Waals surface area contributed by atoms with Crippen molar-refractivity contribution in [2.24, 2.45) is 0 Å². The molecule has 0 aliphatic carbocycles. The molecule has 0 amide bonds. The van der Waals surface area contributed by atoms with Gasteiger partial charge < -0.3 is 18.9 Å². The standard InChI is InChI=1S/C7H10O5/c1-4-6(11-4)9-2-5-3-10-7(8)12-5/h4-6H,2-3H2,1H3. The maximum Gasteiger partial charge on any atom is 0.508 e. The molecule has 0 aromatic heterocycles. The highest BCUT2D eigenvalue weighted by Gasteiger charge is 2.37. The molecular formula is C7H10O5. The monoisotopic (exact) mass is 174 g/mol. The third-order valence-electron chi connectivity index (χ3n) is 1.75. The van der Waals surface area contributed by atoms with Crippen molar-refractivity contribution in [3.8, 4) is 0 Å². The van der Waals surface area contributed by atoms with Crippen LogP contribution in [-0.4, -0.2) is 37.9 Å². The Hall–Kier alpha value is -0.810. The number of carbonyl (C=O) groups excluding carboxylic acids is 1. The van der Waals surface area contributed by atoms with E-state index in [1.54, 1.807) is 0 Å². The van der Waals surface area contributed by atoms with Gasteiger partial charge in [0, 0.05) is 0 Å². The Kier molecular flexibility index (Phi) is 1.90. The molecule has 0 N–H and O–H groups in total. The van der Waals surface area contributed by atoms with E-state index in [9.17, 15) is 4.79 Å². The first kappa shape index (κ1) is 7.82. The number of epoxide rings is 1. The molecule has 2 aliphatic heterocycles. The first-order chi connectivity index (χ1) is 5.75. The van der Waals surface area contributed by atoms with Crippen LogP contribution in [0, 0.1) is 0 Å². The van der Waals surface area contributed by atoms with E-state index in [4.69, 9.17) is 14.2 Å². The summed E-state index contributed by atoms with van der Waals surface area (Å²) in [6.07, 6.45) is -0.838. The molecule has 3 atom stereocenters. The lowest BCUT2D eigenvalue weighted by molar-refractivity contribution is -0.000227. The van der Waals surface area contributed by atoms with Gasteiger partial charge in [-0.25, -0.2) is 4.79 Å². The van der Waals surface area contributed by atoms with Gasteiger partial charge in [0.05, 0.1) is 6.61 Å². The number of rotatable bonds is 3. The zero-order chi connectivity index (χ0) is 8.55. The summed E-state index contributed by atoms with van der Waals surface area (Å²) in [5.41, 5.74) is 0. The highest BCUT2D eigenvalue weighted by Crippen LogP contribution is 2.22. The summed E-state index contributed by atoms with van der Waals surface area (Å²) in [6.45, 7) is 2.54. The average Bonchev–Trinajstić information content (AvgIpc) is 2.56. The van der Waals surface area contributed by atoms with E-state index in [2.05, 4.69) is 4.74 Å². The second-order valence-corrected chi connectivity index (χ2v) is 2.84. The molecule has 0 saturated carbocycles. The Morgan fingerprint density at radius 2 is 2.42 bits per heavy atom. The van der Waals surface area contributed by atoms with Gasteiger partial charge in [0.15, 0.2) is 12.4 Å². The summed E-state index contributed by atoms with van der Waals surface area (Å²) in [6, 6.07) is 0. The fourth-order valence-electron chi connectivity index (χ4n) is 0.990. The van der Waals surface area contributed by atoms with Gasteiger partial charge in [-0.05, 0) is 6.92 Å². The molecule has 2 rings (SSSR count). The summed E-state index contributed by atoms with van der Waals surface area (Å²) >= 11 is 0. The van der Waals surface area contributed by atoms with Crippen LogP contribution in [0.1, 0.15) is 6.92 Å². The zero-order valence-corrected chi connectivity index (χ0v) is 6.69. The van der Waals surface area contributed by atoms with Crippen molar-refractivity contribution in [1.82, 2.24) is 0 Å². The van der Waals surface area contributed by atoms with Gasteiger partial charge >= 0.3 is 6.16 Å². The molecule has 2 heterocycles. The zero-order valence-electron chi connectivity index (χ0n) is 6.69. The Bertz CT molecular complexity index is 192. The second kappa shape index (κ2) is 2.91. The molecule has 2 saturated heterocycles. The number of cyclic esters (lactones) is 2. The van der Waals surface area contributed by atoms with Crippen LogP contribution in [-0.2, 0) is 18.9 Å². The fourth-order valence-corrected chi connectivity index (χ4v) is 0.990. The topological polar surface area (TPSA) is 57.3 Å². The minimum Gasteiger partial charge on any atom is -0.430 e. The molecule has 0 bridgehead atoms. The molecule has 0 aromatic rings. The van der Waals surface area contributed by atoms with Crippen molar-refractivity contribution in [1.29, 1.82) is 0 Å². The molecular weight excluding hydrogens is 164 g/mol. The molecule has 5 heteroatoms. The van der Waals surface area contributed by atoms with E-state index < -0.39 is 6.16 Å². The maximum absolute atomic E-state index is 10.4. The van der Waals surface area contributed by atoms with Crippen LogP contribution < -0.4 is 0 Å². The van der Waals surface area contributed by atoms with Crippen molar-refractivity contribution in [3.05, 3.63) is 0 Å². The summed E-state index contributed by atoms with van der Waals surface area (Å²) in [5.74, 6) is 0. The molecule has 0 radical (unpaired) electrons. The Balaban J connectivity index is 1.64. The molecule has 3 unspecified atom stereocenters. The van der Waals surface area contributed by atoms with Crippen molar-refractivity contribution >= 4 is 6.16 Å². The largest absolute Gasteiger partial charge is 0.508 e.